The molecule has 0 saturated heterocycles. The summed E-state index contributed by atoms with van der Waals surface area (Å²) < 4.78 is 2.24. The van der Waals surface area contributed by atoms with Crippen molar-refractivity contribution in [2.24, 2.45) is 5.73 Å². The topological polar surface area (TPSA) is 43.8 Å². The van der Waals surface area contributed by atoms with Crippen molar-refractivity contribution >= 4 is 11.0 Å². The molecule has 0 aliphatic rings. The Labute approximate surface area is 112 Å². The summed E-state index contributed by atoms with van der Waals surface area (Å²) in [5.41, 5.74) is 10.1. The average molecular weight is 251 g/mol. The minimum Gasteiger partial charge on any atom is -0.326 e. The first-order chi connectivity index (χ1) is 9.33. The summed E-state index contributed by atoms with van der Waals surface area (Å²) in [6, 6.07) is 16.6. The highest BCUT2D eigenvalue weighted by molar-refractivity contribution is 5.80. The van der Waals surface area contributed by atoms with Crippen LogP contribution in [0.2, 0.25) is 0 Å². The molecular weight excluding hydrogens is 234 g/mol. The van der Waals surface area contributed by atoms with Crippen molar-refractivity contribution in [2.45, 2.75) is 20.0 Å². The molecule has 2 N–H and O–H groups in total. The van der Waals surface area contributed by atoms with Crippen LogP contribution in [0.4, 0.5) is 0 Å². The molecule has 0 bridgehead atoms. The lowest BCUT2D eigenvalue weighted by Crippen LogP contribution is -1.99. The highest BCUT2D eigenvalue weighted by Crippen LogP contribution is 2.24. The van der Waals surface area contributed by atoms with E-state index in [0.29, 0.717) is 6.54 Å². The van der Waals surface area contributed by atoms with Crippen molar-refractivity contribution in [3.63, 3.8) is 0 Å². The molecule has 96 valence electrons. The Bertz CT molecular complexity index is 696. The SMILES string of the molecule is CCn1c(-c2ccc(CN)cc2)nc2ccccc21. The van der Waals surface area contributed by atoms with Crippen molar-refractivity contribution in [2.75, 3.05) is 0 Å². The molecular formula is C16H17N3. The van der Waals surface area contributed by atoms with Gasteiger partial charge < -0.3 is 10.3 Å². The Morgan fingerprint density at radius 1 is 1.05 bits per heavy atom. The fraction of sp³-hybridized carbons (Fsp3) is 0.188. The van der Waals surface area contributed by atoms with Gasteiger partial charge in [-0.2, -0.15) is 0 Å². The molecule has 1 aromatic heterocycles. The van der Waals surface area contributed by atoms with Crippen LogP contribution >= 0.6 is 0 Å². The van der Waals surface area contributed by atoms with Gasteiger partial charge in [-0.3, -0.25) is 0 Å². The number of nitrogens with two attached hydrogens (primary N) is 1. The Kier molecular flexibility index (Phi) is 3.05. The third-order valence-electron chi connectivity index (χ3n) is 3.42. The summed E-state index contributed by atoms with van der Waals surface area (Å²) in [4.78, 5) is 4.74. The quantitative estimate of drug-likeness (QED) is 0.777. The first-order valence-corrected chi connectivity index (χ1v) is 6.58. The molecule has 3 rings (SSSR count). The van der Waals surface area contributed by atoms with Gasteiger partial charge in [0.2, 0.25) is 0 Å². The van der Waals surface area contributed by atoms with Gasteiger partial charge in [-0.15, -0.1) is 0 Å². The summed E-state index contributed by atoms with van der Waals surface area (Å²) in [6.07, 6.45) is 0. The predicted molar refractivity (Wildman–Crippen MR) is 78.7 cm³/mol. The third kappa shape index (κ3) is 2.02. The van der Waals surface area contributed by atoms with E-state index in [9.17, 15) is 0 Å². The molecule has 3 aromatic rings. The number of benzene rings is 2. The predicted octanol–water partition coefficient (Wildman–Crippen LogP) is 3.18. The summed E-state index contributed by atoms with van der Waals surface area (Å²) in [5, 5.41) is 0. The van der Waals surface area contributed by atoms with Crippen LogP contribution in [-0.4, -0.2) is 9.55 Å². The molecule has 1 heterocycles. The van der Waals surface area contributed by atoms with Crippen molar-refractivity contribution in [3.05, 3.63) is 54.1 Å². The van der Waals surface area contributed by atoms with E-state index in [0.717, 1.165) is 29.0 Å². The number of rotatable bonds is 3. The summed E-state index contributed by atoms with van der Waals surface area (Å²) in [7, 11) is 0. The van der Waals surface area contributed by atoms with Gasteiger partial charge in [0.1, 0.15) is 5.82 Å². The molecule has 0 amide bonds. The monoisotopic (exact) mass is 251 g/mol. The summed E-state index contributed by atoms with van der Waals surface area (Å²) in [5.74, 6) is 1.02. The van der Waals surface area contributed by atoms with E-state index in [1.54, 1.807) is 0 Å². The maximum absolute atomic E-state index is 5.64. The second-order valence-corrected chi connectivity index (χ2v) is 4.57. The van der Waals surface area contributed by atoms with E-state index in [-0.39, 0.29) is 0 Å². The van der Waals surface area contributed by atoms with Crippen LogP contribution < -0.4 is 5.73 Å². The van der Waals surface area contributed by atoms with E-state index < -0.39 is 0 Å². The normalized spacial score (nSPS) is 11.1. The lowest BCUT2D eigenvalue weighted by Gasteiger charge is -2.06. The van der Waals surface area contributed by atoms with E-state index in [4.69, 9.17) is 10.7 Å². The highest BCUT2D eigenvalue weighted by atomic mass is 15.1. The summed E-state index contributed by atoms with van der Waals surface area (Å²) in [6.45, 7) is 3.63. The van der Waals surface area contributed by atoms with Crippen LogP contribution in [0, 0.1) is 0 Å². The maximum Gasteiger partial charge on any atom is 0.141 e. The molecule has 0 aliphatic carbocycles. The second-order valence-electron chi connectivity index (χ2n) is 4.57. The first-order valence-electron chi connectivity index (χ1n) is 6.58. The lowest BCUT2D eigenvalue weighted by atomic mass is 10.1. The number of hydrogen-bond acceptors (Lipinski definition) is 2. The van der Waals surface area contributed by atoms with Gasteiger partial charge in [0.15, 0.2) is 0 Å². The van der Waals surface area contributed by atoms with Gasteiger partial charge in [0.25, 0.3) is 0 Å². The van der Waals surface area contributed by atoms with Crippen LogP contribution in [0.3, 0.4) is 0 Å². The number of para-hydroxylation sites is 2. The van der Waals surface area contributed by atoms with Gasteiger partial charge in [-0.1, -0.05) is 36.4 Å². The highest BCUT2D eigenvalue weighted by Gasteiger charge is 2.10. The molecule has 2 aromatic carbocycles. The fourth-order valence-electron chi connectivity index (χ4n) is 2.41. The van der Waals surface area contributed by atoms with E-state index in [2.05, 4.69) is 54.0 Å². The average Bonchev–Trinajstić information content (AvgIpc) is 2.85. The number of aryl methyl sites for hydroxylation is 1. The van der Waals surface area contributed by atoms with Crippen LogP contribution in [-0.2, 0) is 13.1 Å². The first kappa shape index (κ1) is 11.9. The maximum atomic E-state index is 5.64. The van der Waals surface area contributed by atoms with Crippen molar-refractivity contribution < 1.29 is 0 Å². The van der Waals surface area contributed by atoms with Crippen LogP contribution in [0.1, 0.15) is 12.5 Å². The summed E-state index contributed by atoms with van der Waals surface area (Å²) >= 11 is 0. The number of aromatic nitrogens is 2. The molecule has 0 saturated carbocycles. The van der Waals surface area contributed by atoms with Gasteiger partial charge in [0.05, 0.1) is 11.0 Å². The van der Waals surface area contributed by atoms with Crippen molar-refractivity contribution in [3.8, 4) is 11.4 Å². The Balaban J connectivity index is 2.17. The largest absolute Gasteiger partial charge is 0.326 e. The molecule has 0 atom stereocenters. The smallest absolute Gasteiger partial charge is 0.141 e. The molecule has 0 radical (unpaired) electrons. The number of imidazole rings is 1. The van der Waals surface area contributed by atoms with Gasteiger partial charge in [0, 0.05) is 18.7 Å². The zero-order valence-corrected chi connectivity index (χ0v) is 11.0. The minimum atomic E-state index is 0.574. The molecule has 0 aliphatic heterocycles. The van der Waals surface area contributed by atoms with Gasteiger partial charge in [-0.25, -0.2) is 4.98 Å². The van der Waals surface area contributed by atoms with E-state index in [1.807, 2.05) is 6.07 Å². The number of nitrogens with zero attached hydrogens (tertiary/aromatic N) is 2. The van der Waals surface area contributed by atoms with Crippen LogP contribution in [0.5, 0.6) is 0 Å². The Morgan fingerprint density at radius 3 is 2.47 bits per heavy atom. The standard InChI is InChI=1S/C16H17N3/c1-2-19-15-6-4-3-5-14(15)18-16(19)13-9-7-12(11-17)8-10-13/h3-10H,2,11,17H2,1H3. The van der Waals surface area contributed by atoms with Crippen molar-refractivity contribution in [1.29, 1.82) is 0 Å². The number of hydrogen-bond donors (Lipinski definition) is 1. The van der Waals surface area contributed by atoms with E-state index in [1.165, 1.54) is 5.52 Å². The van der Waals surface area contributed by atoms with Gasteiger partial charge in [-0.05, 0) is 24.6 Å². The van der Waals surface area contributed by atoms with Gasteiger partial charge >= 0.3 is 0 Å². The molecule has 3 heteroatoms. The van der Waals surface area contributed by atoms with Crippen LogP contribution in [0.25, 0.3) is 22.4 Å². The van der Waals surface area contributed by atoms with E-state index >= 15 is 0 Å². The fourth-order valence-corrected chi connectivity index (χ4v) is 2.41. The zero-order valence-electron chi connectivity index (χ0n) is 11.0. The molecule has 0 fully saturated rings. The third-order valence-corrected chi connectivity index (χ3v) is 3.42. The number of fused-ring (bicyclic) bond motifs is 1. The molecule has 3 nitrogen and oxygen atoms in total. The Morgan fingerprint density at radius 2 is 1.79 bits per heavy atom. The van der Waals surface area contributed by atoms with Crippen molar-refractivity contribution in [1.82, 2.24) is 9.55 Å². The zero-order chi connectivity index (χ0) is 13.2. The molecule has 0 spiro atoms. The lowest BCUT2D eigenvalue weighted by molar-refractivity contribution is 0.796. The molecule has 19 heavy (non-hydrogen) atoms. The second kappa shape index (κ2) is 4.86. The minimum absolute atomic E-state index is 0.574. The Hall–Kier alpha value is -2.13. The molecule has 0 unspecified atom stereocenters. The van der Waals surface area contributed by atoms with Crippen LogP contribution in [0.15, 0.2) is 48.5 Å².